The van der Waals surface area contributed by atoms with Gasteiger partial charge in [0.25, 0.3) is 0 Å². The maximum Gasteiger partial charge on any atom is 0.240 e. The van der Waals surface area contributed by atoms with Gasteiger partial charge >= 0.3 is 0 Å². The van der Waals surface area contributed by atoms with Gasteiger partial charge in [0, 0.05) is 13.1 Å². The summed E-state index contributed by atoms with van der Waals surface area (Å²) < 4.78 is 38.3. The number of halogens is 1. The predicted octanol–water partition coefficient (Wildman–Crippen LogP) is 0.714. The van der Waals surface area contributed by atoms with Crippen molar-refractivity contribution in [2.24, 2.45) is 0 Å². The first kappa shape index (κ1) is 13.1. The van der Waals surface area contributed by atoms with Gasteiger partial charge in [0.15, 0.2) is 0 Å². The summed E-state index contributed by atoms with van der Waals surface area (Å²) in [7, 11) is -3.51. The quantitative estimate of drug-likeness (QED) is 0.727. The van der Waals surface area contributed by atoms with E-state index in [2.05, 4.69) is 10.0 Å². The maximum absolute atomic E-state index is 12.6. The summed E-state index contributed by atoms with van der Waals surface area (Å²) in [5, 5.41) is 2.99. The smallest absolute Gasteiger partial charge is 0.240 e. The van der Waals surface area contributed by atoms with E-state index in [1.54, 1.807) is 0 Å². The molecule has 0 aliphatic carbocycles. The third kappa shape index (κ3) is 3.88. The molecule has 1 rings (SSSR count). The molecule has 0 spiro atoms. The van der Waals surface area contributed by atoms with Gasteiger partial charge in [-0.05, 0) is 30.8 Å². The van der Waals surface area contributed by atoms with Crippen LogP contribution in [0.15, 0.2) is 29.2 Å². The Morgan fingerprint density at radius 3 is 2.38 bits per heavy atom. The molecule has 0 atom stereocenters. The highest BCUT2D eigenvalue weighted by molar-refractivity contribution is 7.89. The molecule has 1 aromatic carbocycles. The summed E-state index contributed by atoms with van der Waals surface area (Å²) in [5.74, 6) is -0.452. The molecular weight excluding hydrogens is 231 g/mol. The van der Waals surface area contributed by atoms with Crippen molar-refractivity contribution >= 4 is 10.0 Å². The Morgan fingerprint density at radius 1 is 1.19 bits per heavy atom. The SMILES string of the molecule is CCNCCNS(=O)(=O)c1ccc(F)cc1. The molecule has 90 valence electrons. The summed E-state index contributed by atoms with van der Waals surface area (Å²) in [5.41, 5.74) is 0. The van der Waals surface area contributed by atoms with Crippen molar-refractivity contribution in [3.05, 3.63) is 30.1 Å². The van der Waals surface area contributed by atoms with E-state index in [1.165, 1.54) is 12.1 Å². The van der Waals surface area contributed by atoms with Crippen LogP contribution in [0.25, 0.3) is 0 Å². The number of nitrogens with one attached hydrogen (secondary N) is 2. The Labute approximate surface area is 94.9 Å². The molecule has 4 nitrogen and oxygen atoms in total. The standard InChI is InChI=1S/C10H15FN2O2S/c1-2-12-7-8-13-16(14,15)10-5-3-9(11)4-6-10/h3-6,12-13H,2,7-8H2,1H3. The van der Waals surface area contributed by atoms with E-state index in [9.17, 15) is 12.8 Å². The topological polar surface area (TPSA) is 58.2 Å². The van der Waals surface area contributed by atoms with Crippen molar-refractivity contribution in [3.63, 3.8) is 0 Å². The lowest BCUT2D eigenvalue weighted by molar-refractivity contribution is 0.576. The van der Waals surface area contributed by atoms with Gasteiger partial charge in [-0.1, -0.05) is 6.92 Å². The summed E-state index contributed by atoms with van der Waals surface area (Å²) in [4.78, 5) is 0.0744. The minimum absolute atomic E-state index is 0.0744. The Morgan fingerprint density at radius 2 is 1.81 bits per heavy atom. The zero-order valence-corrected chi connectivity index (χ0v) is 9.85. The van der Waals surface area contributed by atoms with E-state index in [0.29, 0.717) is 13.1 Å². The third-order valence-electron chi connectivity index (χ3n) is 1.97. The summed E-state index contributed by atoms with van der Waals surface area (Å²) in [6.07, 6.45) is 0. The van der Waals surface area contributed by atoms with Crippen LogP contribution in [0.1, 0.15) is 6.92 Å². The van der Waals surface area contributed by atoms with E-state index in [4.69, 9.17) is 0 Å². The Balaban J connectivity index is 2.60. The number of hydrogen-bond donors (Lipinski definition) is 2. The second kappa shape index (κ2) is 5.93. The summed E-state index contributed by atoms with van der Waals surface area (Å²) in [6.45, 7) is 3.61. The first-order valence-corrected chi connectivity index (χ1v) is 6.50. The van der Waals surface area contributed by atoms with Crippen LogP contribution in [0.5, 0.6) is 0 Å². The van der Waals surface area contributed by atoms with Gasteiger partial charge in [-0.3, -0.25) is 0 Å². The highest BCUT2D eigenvalue weighted by Crippen LogP contribution is 2.08. The van der Waals surface area contributed by atoms with Crippen molar-refractivity contribution in [3.8, 4) is 0 Å². The Kier molecular flexibility index (Phi) is 4.85. The number of sulfonamides is 1. The fraction of sp³-hybridized carbons (Fsp3) is 0.400. The van der Waals surface area contributed by atoms with Gasteiger partial charge in [0.1, 0.15) is 5.82 Å². The Bertz CT molecular complexity index is 417. The zero-order valence-electron chi connectivity index (χ0n) is 9.03. The van der Waals surface area contributed by atoms with Gasteiger partial charge in [0.2, 0.25) is 10.0 Å². The highest BCUT2D eigenvalue weighted by atomic mass is 32.2. The molecule has 2 N–H and O–H groups in total. The predicted molar refractivity (Wildman–Crippen MR) is 60.1 cm³/mol. The lowest BCUT2D eigenvalue weighted by Gasteiger charge is -2.06. The second-order valence-electron chi connectivity index (χ2n) is 3.21. The lowest BCUT2D eigenvalue weighted by Crippen LogP contribution is -2.31. The average molecular weight is 246 g/mol. The molecule has 0 saturated heterocycles. The van der Waals surface area contributed by atoms with Gasteiger partial charge in [0.05, 0.1) is 4.90 Å². The number of rotatable bonds is 6. The fourth-order valence-corrected chi connectivity index (χ4v) is 2.18. The molecule has 6 heteroatoms. The van der Waals surface area contributed by atoms with Crippen LogP contribution in [0, 0.1) is 5.82 Å². The average Bonchev–Trinajstić information content (AvgIpc) is 2.25. The molecule has 0 bridgehead atoms. The molecule has 0 heterocycles. The molecule has 0 unspecified atom stereocenters. The van der Waals surface area contributed by atoms with Crippen molar-refractivity contribution in [1.29, 1.82) is 0 Å². The monoisotopic (exact) mass is 246 g/mol. The van der Waals surface area contributed by atoms with Gasteiger partial charge in [-0.2, -0.15) is 0 Å². The number of hydrogen-bond acceptors (Lipinski definition) is 3. The molecule has 0 aromatic heterocycles. The van der Waals surface area contributed by atoms with Crippen LogP contribution >= 0.6 is 0 Å². The van der Waals surface area contributed by atoms with E-state index in [-0.39, 0.29) is 4.90 Å². The molecule has 0 radical (unpaired) electrons. The maximum atomic E-state index is 12.6. The Hall–Kier alpha value is -0.980. The molecule has 0 aliphatic rings. The van der Waals surface area contributed by atoms with Crippen LogP contribution in [0.3, 0.4) is 0 Å². The van der Waals surface area contributed by atoms with Gasteiger partial charge < -0.3 is 5.32 Å². The lowest BCUT2D eigenvalue weighted by atomic mass is 10.4. The molecule has 1 aromatic rings. The van der Waals surface area contributed by atoms with Gasteiger partial charge in [-0.15, -0.1) is 0 Å². The fourth-order valence-electron chi connectivity index (χ4n) is 1.15. The molecule has 16 heavy (non-hydrogen) atoms. The van der Waals surface area contributed by atoms with Crippen LogP contribution in [-0.2, 0) is 10.0 Å². The van der Waals surface area contributed by atoms with Crippen molar-refractivity contribution in [2.45, 2.75) is 11.8 Å². The zero-order chi connectivity index (χ0) is 12.0. The molecule has 0 saturated carbocycles. The van der Waals surface area contributed by atoms with E-state index in [0.717, 1.165) is 18.7 Å². The van der Waals surface area contributed by atoms with Crippen LogP contribution < -0.4 is 10.0 Å². The first-order chi connectivity index (χ1) is 7.56. The summed E-state index contributed by atoms with van der Waals surface area (Å²) >= 11 is 0. The van der Waals surface area contributed by atoms with Crippen LogP contribution in [0.2, 0.25) is 0 Å². The highest BCUT2D eigenvalue weighted by Gasteiger charge is 2.12. The third-order valence-corrected chi connectivity index (χ3v) is 3.44. The second-order valence-corrected chi connectivity index (χ2v) is 4.97. The van der Waals surface area contributed by atoms with Crippen molar-refractivity contribution in [1.82, 2.24) is 10.0 Å². The van der Waals surface area contributed by atoms with Crippen LogP contribution in [-0.4, -0.2) is 28.1 Å². The molecule has 0 amide bonds. The number of likely N-dealkylation sites (N-methyl/N-ethyl adjacent to an activating group) is 1. The van der Waals surface area contributed by atoms with E-state index >= 15 is 0 Å². The van der Waals surface area contributed by atoms with Crippen molar-refractivity contribution < 1.29 is 12.8 Å². The van der Waals surface area contributed by atoms with E-state index < -0.39 is 15.8 Å². The first-order valence-electron chi connectivity index (χ1n) is 5.02. The minimum Gasteiger partial charge on any atom is -0.316 e. The molecule has 0 fully saturated rings. The molecule has 0 aliphatic heterocycles. The van der Waals surface area contributed by atoms with Gasteiger partial charge in [-0.25, -0.2) is 17.5 Å². The largest absolute Gasteiger partial charge is 0.316 e. The minimum atomic E-state index is -3.51. The number of benzene rings is 1. The normalized spacial score (nSPS) is 11.6. The van der Waals surface area contributed by atoms with Crippen LogP contribution in [0.4, 0.5) is 4.39 Å². The molecular formula is C10H15FN2O2S. The van der Waals surface area contributed by atoms with Crippen molar-refractivity contribution in [2.75, 3.05) is 19.6 Å². The summed E-state index contributed by atoms with van der Waals surface area (Å²) in [6, 6.07) is 4.73. The van der Waals surface area contributed by atoms with E-state index in [1.807, 2.05) is 6.92 Å².